The van der Waals surface area contributed by atoms with Gasteiger partial charge in [-0.2, -0.15) is 0 Å². The highest BCUT2D eigenvalue weighted by Crippen LogP contribution is 2.13. The molecule has 0 aliphatic rings. The van der Waals surface area contributed by atoms with Crippen molar-refractivity contribution < 1.29 is 9.59 Å². The number of carbonyl (C=O) groups excluding carboxylic acids is 2. The Morgan fingerprint density at radius 2 is 1.92 bits per heavy atom. The Bertz CT molecular complexity index is 900. The number of benzene rings is 1. The predicted molar refractivity (Wildman–Crippen MR) is 98.0 cm³/mol. The van der Waals surface area contributed by atoms with Crippen LogP contribution in [-0.4, -0.2) is 39.4 Å². The Balaban J connectivity index is 2.06. The highest BCUT2D eigenvalue weighted by molar-refractivity contribution is 5.95. The third-order valence-corrected chi connectivity index (χ3v) is 3.80. The summed E-state index contributed by atoms with van der Waals surface area (Å²) >= 11 is 0. The maximum atomic E-state index is 12.5. The molecule has 2 rings (SSSR count). The lowest BCUT2D eigenvalue weighted by Crippen LogP contribution is -2.42. The second kappa shape index (κ2) is 8.80. The Kier molecular flexibility index (Phi) is 6.48. The molecular weight excluding hydrogens is 336 g/mol. The number of hydrogen-bond acceptors (Lipinski definition) is 4. The molecule has 26 heavy (non-hydrogen) atoms. The number of aromatic amines is 1. The van der Waals surface area contributed by atoms with Crippen LogP contribution in [0.15, 0.2) is 46.1 Å². The van der Waals surface area contributed by atoms with E-state index in [2.05, 4.69) is 10.3 Å². The number of nitrogens with zero attached hydrogens (tertiary/aromatic N) is 2. The normalized spacial score (nSPS) is 10.4. The molecule has 0 aliphatic carbocycles. The second-order valence-corrected chi connectivity index (χ2v) is 5.92. The number of anilines is 1. The molecule has 0 saturated carbocycles. The number of aryl methyl sites for hydroxylation is 1. The number of para-hydroxylation sites is 1. The summed E-state index contributed by atoms with van der Waals surface area (Å²) < 4.78 is 1.10. The van der Waals surface area contributed by atoms with Crippen molar-refractivity contribution in [2.75, 3.05) is 18.4 Å². The highest BCUT2D eigenvalue weighted by atomic mass is 16.2. The first-order valence-electron chi connectivity index (χ1n) is 8.33. The van der Waals surface area contributed by atoms with E-state index in [0.29, 0.717) is 18.7 Å². The van der Waals surface area contributed by atoms with E-state index in [0.717, 1.165) is 10.1 Å². The standard InChI is InChI=1S/C18H22N4O4/c1-3-9-21(11-16(24)19-14-7-5-4-6-13(14)2)17(25)12-22-10-8-15(23)20-18(22)26/h4-8,10H,3,9,11-12H2,1-2H3,(H,19,24)(H,20,23,26). The van der Waals surface area contributed by atoms with Gasteiger partial charge in [0.1, 0.15) is 6.54 Å². The van der Waals surface area contributed by atoms with Crippen LogP contribution >= 0.6 is 0 Å². The van der Waals surface area contributed by atoms with Gasteiger partial charge in [0, 0.05) is 24.5 Å². The molecule has 0 unspecified atom stereocenters. The van der Waals surface area contributed by atoms with Gasteiger partial charge < -0.3 is 10.2 Å². The van der Waals surface area contributed by atoms with Crippen LogP contribution in [0.4, 0.5) is 5.69 Å². The van der Waals surface area contributed by atoms with Gasteiger partial charge in [-0.25, -0.2) is 4.79 Å². The highest BCUT2D eigenvalue weighted by Gasteiger charge is 2.18. The van der Waals surface area contributed by atoms with Gasteiger partial charge in [-0.15, -0.1) is 0 Å². The first-order valence-corrected chi connectivity index (χ1v) is 8.33. The van der Waals surface area contributed by atoms with Gasteiger partial charge in [0.05, 0.1) is 6.54 Å². The smallest absolute Gasteiger partial charge is 0.328 e. The van der Waals surface area contributed by atoms with Crippen LogP contribution in [0.5, 0.6) is 0 Å². The Hall–Kier alpha value is -3.16. The quantitative estimate of drug-likeness (QED) is 0.761. The molecule has 138 valence electrons. The number of rotatable bonds is 7. The fourth-order valence-electron chi connectivity index (χ4n) is 2.45. The van der Waals surface area contributed by atoms with Crippen molar-refractivity contribution in [1.29, 1.82) is 0 Å². The van der Waals surface area contributed by atoms with Crippen LogP contribution in [-0.2, 0) is 16.1 Å². The van der Waals surface area contributed by atoms with E-state index in [4.69, 9.17) is 0 Å². The zero-order valence-corrected chi connectivity index (χ0v) is 14.8. The summed E-state index contributed by atoms with van der Waals surface area (Å²) in [4.78, 5) is 51.1. The fraction of sp³-hybridized carbons (Fsp3) is 0.333. The van der Waals surface area contributed by atoms with E-state index >= 15 is 0 Å². The Labute approximate surface area is 150 Å². The molecule has 8 heteroatoms. The summed E-state index contributed by atoms with van der Waals surface area (Å²) in [7, 11) is 0. The van der Waals surface area contributed by atoms with E-state index in [1.807, 2.05) is 32.0 Å². The summed E-state index contributed by atoms with van der Waals surface area (Å²) in [5.74, 6) is -0.684. The molecule has 2 N–H and O–H groups in total. The summed E-state index contributed by atoms with van der Waals surface area (Å²) in [6.45, 7) is 3.81. The van der Waals surface area contributed by atoms with Crippen LogP contribution in [0.2, 0.25) is 0 Å². The van der Waals surface area contributed by atoms with Crippen molar-refractivity contribution in [2.45, 2.75) is 26.8 Å². The minimum atomic E-state index is -0.660. The van der Waals surface area contributed by atoms with Gasteiger partial charge in [-0.05, 0) is 25.0 Å². The maximum absolute atomic E-state index is 12.5. The third kappa shape index (κ3) is 5.17. The van der Waals surface area contributed by atoms with Gasteiger partial charge in [-0.3, -0.25) is 23.9 Å². The molecule has 2 amide bonds. The number of H-pyrrole nitrogens is 1. The number of hydrogen-bond donors (Lipinski definition) is 2. The number of amides is 2. The first-order chi connectivity index (χ1) is 12.4. The zero-order chi connectivity index (χ0) is 19.1. The number of nitrogens with one attached hydrogen (secondary N) is 2. The number of aromatic nitrogens is 2. The van der Waals surface area contributed by atoms with Crippen LogP contribution in [0.3, 0.4) is 0 Å². The molecule has 0 spiro atoms. The van der Waals surface area contributed by atoms with E-state index in [1.54, 1.807) is 6.07 Å². The molecule has 1 aromatic carbocycles. The lowest BCUT2D eigenvalue weighted by molar-refractivity contribution is -0.135. The van der Waals surface area contributed by atoms with Crippen molar-refractivity contribution in [3.63, 3.8) is 0 Å². The van der Waals surface area contributed by atoms with Gasteiger partial charge in [0.25, 0.3) is 5.56 Å². The molecule has 0 aliphatic heterocycles. The second-order valence-electron chi connectivity index (χ2n) is 5.92. The third-order valence-electron chi connectivity index (χ3n) is 3.80. The molecule has 0 fully saturated rings. The first kappa shape index (κ1) is 19.2. The summed E-state index contributed by atoms with van der Waals surface area (Å²) in [6, 6.07) is 8.54. The monoisotopic (exact) mass is 358 g/mol. The molecule has 0 saturated heterocycles. The van der Waals surface area contributed by atoms with Gasteiger partial charge in [0.15, 0.2) is 0 Å². The minimum absolute atomic E-state index is 0.112. The van der Waals surface area contributed by atoms with Crippen LogP contribution in [0, 0.1) is 6.92 Å². The largest absolute Gasteiger partial charge is 0.332 e. The van der Waals surface area contributed by atoms with E-state index in [-0.39, 0.29) is 24.9 Å². The van der Waals surface area contributed by atoms with Crippen LogP contribution in [0.25, 0.3) is 0 Å². The van der Waals surface area contributed by atoms with Crippen LogP contribution in [0.1, 0.15) is 18.9 Å². The van der Waals surface area contributed by atoms with E-state index < -0.39 is 11.2 Å². The van der Waals surface area contributed by atoms with Crippen molar-refractivity contribution in [2.24, 2.45) is 0 Å². The summed E-state index contributed by atoms with van der Waals surface area (Å²) in [5, 5.41) is 2.79. The van der Waals surface area contributed by atoms with Crippen molar-refractivity contribution in [3.8, 4) is 0 Å². The maximum Gasteiger partial charge on any atom is 0.328 e. The lowest BCUT2D eigenvalue weighted by Gasteiger charge is -2.22. The Morgan fingerprint density at radius 1 is 1.19 bits per heavy atom. The summed E-state index contributed by atoms with van der Waals surface area (Å²) in [5.41, 5.74) is 0.431. The number of carbonyl (C=O) groups is 2. The average molecular weight is 358 g/mol. The van der Waals surface area contributed by atoms with Gasteiger partial charge >= 0.3 is 5.69 Å². The Morgan fingerprint density at radius 3 is 2.58 bits per heavy atom. The van der Waals surface area contributed by atoms with Gasteiger partial charge in [0.2, 0.25) is 11.8 Å². The van der Waals surface area contributed by atoms with E-state index in [9.17, 15) is 19.2 Å². The van der Waals surface area contributed by atoms with Crippen LogP contribution < -0.4 is 16.6 Å². The zero-order valence-electron chi connectivity index (χ0n) is 14.8. The molecule has 0 bridgehead atoms. The topological polar surface area (TPSA) is 104 Å². The summed E-state index contributed by atoms with van der Waals surface area (Å²) in [6.07, 6.45) is 1.93. The molecule has 1 heterocycles. The van der Waals surface area contributed by atoms with Crippen molar-refractivity contribution in [1.82, 2.24) is 14.5 Å². The predicted octanol–water partition coefficient (Wildman–Crippen LogP) is 0.722. The van der Waals surface area contributed by atoms with Crippen molar-refractivity contribution in [3.05, 3.63) is 62.9 Å². The lowest BCUT2D eigenvalue weighted by atomic mass is 10.2. The van der Waals surface area contributed by atoms with E-state index in [1.165, 1.54) is 17.2 Å². The SMILES string of the molecule is CCCN(CC(=O)Nc1ccccc1C)C(=O)Cn1ccc(=O)[nH]c1=O. The molecule has 0 radical (unpaired) electrons. The van der Waals surface area contributed by atoms with Gasteiger partial charge in [-0.1, -0.05) is 25.1 Å². The average Bonchev–Trinajstić information content (AvgIpc) is 2.59. The minimum Gasteiger partial charge on any atom is -0.332 e. The molecule has 0 atom stereocenters. The molecule has 1 aromatic heterocycles. The molecular formula is C18H22N4O4. The fourth-order valence-corrected chi connectivity index (χ4v) is 2.45. The molecule has 8 nitrogen and oxygen atoms in total. The van der Waals surface area contributed by atoms with Crippen molar-refractivity contribution >= 4 is 17.5 Å². The molecule has 2 aromatic rings.